The minimum atomic E-state index is -0.0215. The van der Waals surface area contributed by atoms with E-state index in [0.717, 1.165) is 35.5 Å². The minimum Gasteiger partial charge on any atom is -0.440 e. The summed E-state index contributed by atoms with van der Waals surface area (Å²) in [5.74, 6) is 1.29. The molecule has 1 heterocycles. The van der Waals surface area contributed by atoms with Gasteiger partial charge in [-0.15, -0.1) is 0 Å². The smallest absolute Gasteiger partial charge is 0.224 e. The summed E-state index contributed by atoms with van der Waals surface area (Å²) in [4.78, 5) is 16.1. The molecule has 100 valence electrons. The van der Waals surface area contributed by atoms with E-state index in [4.69, 9.17) is 10.2 Å². The molecule has 1 aliphatic carbocycles. The third kappa shape index (κ3) is 2.76. The van der Waals surface area contributed by atoms with E-state index < -0.39 is 0 Å². The van der Waals surface area contributed by atoms with Crippen LogP contribution in [0.3, 0.4) is 0 Å². The fraction of sp³-hybridized carbons (Fsp3) is 0.429. The van der Waals surface area contributed by atoms with Gasteiger partial charge in [-0.05, 0) is 37.9 Å². The Morgan fingerprint density at radius 2 is 2.32 bits per heavy atom. The summed E-state index contributed by atoms with van der Waals surface area (Å²) in [6, 6.07) is 5.56. The molecule has 1 fully saturated rings. The summed E-state index contributed by atoms with van der Waals surface area (Å²) in [5, 5.41) is 2.84. The second-order valence-corrected chi connectivity index (χ2v) is 4.95. The first-order valence-electron chi connectivity index (χ1n) is 6.66. The van der Waals surface area contributed by atoms with E-state index in [1.165, 1.54) is 0 Å². The maximum absolute atomic E-state index is 11.6. The van der Waals surface area contributed by atoms with E-state index in [1.54, 1.807) is 0 Å². The van der Waals surface area contributed by atoms with Gasteiger partial charge in [0.25, 0.3) is 0 Å². The molecule has 0 radical (unpaired) electrons. The van der Waals surface area contributed by atoms with E-state index in [9.17, 15) is 4.79 Å². The lowest BCUT2D eigenvalue weighted by Crippen LogP contribution is -2.13. The maximum atomic E-state index is 11.6. The number of nitrogens with zero attached hydrogens (tertiary/aromatic N) is 1. The SMILES string of the molecule is NCCCC(=O)Nc1ccc2nc(C3CC3)oc2c1. The van der Waals surface area contributed by atoms with Crippen molar-refractivity contribution in [3.63, 3.8) is 0 Å². The lowest BCUT2D eigenvalue weighted by molar-refractivity contribution is -0.116. The lowest BCUT2D eigenvalue weighted by Gasteiger charge is -2.03. The zero-order valence-electron chi connectivity index (χ0n) is 10.7. The number of fused-ring (bicyclic) bond motifs is 1. The van der Waals surface area contributed by atoms with Crippen LogP contribution in [0.15, 0.2) is 22.6 Å². The first-order valence-corrected chi connectivity index (χ1v) is 6.66. The number of carbonyl (C=O) groups excluding carboxylic acids is 1. The topological polar surface area (TPSA) is 81.2 Å². The van der Waals surface area contributed by atoms with Crippen LogP contribution in [0.2, 0.25) is 0 Å². The zero-order chi connectivity index (χ0) is 13.2. The van der Waals surface area contributed by atoms with Crippen LogP contribution in [0.25, 0.3) is 11.1 Å². The molecule has 1 aromatic heterocycles. The van der Waals surface area contributed by atoms with E-state index >= 15 is 0 Å². The molecular weight excluding hydrogens is 242 g/mol. The van der Waals surface area contributed by atoms with Crippen molar-refractivity contribution in [2.75, 3.05) is 11.9 Å². The van der Waals surface area contributed by atoms with Crippen LogP contribution in [0.5, 0.6) is 0 Å². The average Bonchev–Trinajstić information content (AvgIpc) is 3.16. The molecule has 19 heavy (non-hydrogen) atoms. The molecule has 3 rings (SSSR count). The second kappa shape index (κ2) is 5.01. The highest BCUT2D eigenvalue weighted by atomic mass is 16.3. The van der Waals surface area contributed by atoms with Crippen molar-refractivity contribution in [1.29, 1.82) is 0 Å². The molecular formula is C14H17N3O2. The second-order valence-electron chi connectivity index (χ2n) is 4.95. The molecule has 0 aliphatic heterocycles. The number of aromatic nitrogens is 1. The number of oxazole rings is 1. The van der Waals surface area contributed by atoms with Gasteiger partial charge in [0.05, 0.1) is 0 Å². The molecule has 2 aromatic rings. The fourth-order valence-corrected chi connectivity index (χ4v) is 2.01. The Kier molecular flexibility index (Phi) is 3.21. The highest BCUT2D eigenvalue weighted by Gasteiger charge is 2.28. The molecule has 0 saturated heterocycles. The lowest BCUT2D eigenvalue weighted by atomic mass is 10.2. The molecule has 1 amide bonds. The van der Waals surface area contributed by atoms with E-state index in [2.05, 4.69) is 10.3 Å². The van der Waals surface area contributed by atoms with Crippen LogP contribution < -0.4 is 11.1 Å². The number of amides is 1. The molecule has 0 spiro atoms. The molecule has 1 saturated carbocycles. The van der Waals surface area contributed by atoms with Crippen molar-refractivity contribution >= 4 is 22.7 Å². The Balaban J connectivity index is 1.75. The molecule has 0 unspecified atom stereocenters. The summed E-state index contributed by atoms with van der Waals surface area (Å²) < 4.78 is 5.71. The Morgan fingerprint density at radius 1 is 1.47 bits per heavy atom. The van der Waals surface area contributed by atoms with Gasteiger partial charge in [-0.1, -0.05) is 0 Å². The Morgan fingerprint density at radius 3 is 3.05 bits per heavy atom. The van der Waals surface area contributed by atoms with Crippen molar-refractivity contribution in [2.24, 2.45) is 5.73 Å². The molecule has 0 bridgehead atoms. The van der Waals surface area contributed by atoms with Crippen molar-refractivity contribution in [3.8, 4) is 0 Å². The van der Waals surface area contributed by atoms with Gasteiger partial charge >= 0.3 is 0 Å². The molecule has 1 aromatic carbocycles. The molecule has 0 atom stereocenters. The standard InChI is InChI=1S/C14H17N3O2/c15-7-1-2-13(18)16-10-5-6-11-12(8-10)19-14(17-11)9-3-4-9/h5-6,8-9H,1-4,7,15H2,(H,16,18). The van der Waals surface area contributed by atoms with Gasteiger partial charge in [-0.25, -0.2) is 4.98 Å². The van der Waals surface area contributed by atoms with Gasteiger partial charge in [-0.2, -0.15) is 0 Å². The van der Waals surface area contributed by atoms with E-state index in [1.807, 2.05) is 18.2 Å². The number of carbonyl (C=O) groups is 1. The predicted molar refractivity (Wildman–Crippen MR) is 72.9 cm³/mol. The van der Waals surface area contributed by atoms with Crippen LogP contribution in [0, 0.1) is 0 Å². The van der Waals surface area contributed by atoms with Crippen LogP contribution >= 0.6 is 0 Å². The highest BCUT2D eigenvalue weighted by molar-refractivity contribution is 5.92. The minimum absolute atomic E-state index is 0.0215. The third-order valence-corrected chi connectivity index (χ3v) is 3.22. The van der Waals surface area contributed by atoms with Crippen molar-refractivity contribution in [3.05, 3.63) is 24.1 Å². The normalized spacial score (nSPS) is 14.8. The number of hydrogen-bond donors (Lipinski definition) is 2. The quantitative estimate of drug-likeness (QED) is 0.863. The highest BCUT2D eigenvalue weighted by Crippen LogP contribution is 2.40. The van der Waals surface area contributed by atoms with Crippen molar-refractivity contribution in [2.45, 2.75) is 31.6 Å². The number of hydrogen-bond acceptors (Lipinski definition) is 4. The zero-order valence-corrected chi connectivity index (χ0v) is 10.7. The van der Waals surface area contributed by atoms with Gasteiger partial charge in [0, 0.05) is 24.1 Å². The van der Waals surface area contributed by atoms with Crippen molar-refractivity contribution < 1.29 is 9.21 Å². The Bertz CT molecular complexity index is 602. The first kappa shape index (κ1) is 12.2. The average molecular weight is 259 g/mol. The summed E-state index contributed by atoms with van der Waals surface area (Å²) >= 11 is 0. The van der Waals surface area contributed by atoms with Crippen LogP contribution in [0.4, 0.5) is 5.69 Å². The number of benzene rings is 1. The van der Waals surface area contributed by atoms with E-state index in [0.29, 0.717) is 25.3 Å². The molecule has 1 aliphatic rings. The van der Waals surface area contributed by atoms with Crippen molar-refractivity contribution in [1.82, 2.24) is 4.98 Å². The molecule has 5 heteroatoms. The number of anilines is 1. The number of nitrogens with one attached hydrogen (secondary N) is 1. The first-order chi connectivity index (χ1) is 9.26. The van der Waals surface area contributed by atoms with Gasteiger partial charge in [0.2, 0.25) is 5.91 Å². The Labute approximate surface area is 111 Å². The summed E-state index contributed by atoms with van der Waals surface area (Å²) in [7, 11) is 0. The largest absolute Gasteiger partial charge is 0.440 e. The summed E-state index contributed by atoms with van der Waals surface area (Å²) in [6.45, 7) is 0.527. The van der Waals surface area contributed by atoms with Gasteiger partial charge in [0.1, 0.15) is 5.52 Å². The number of rotatable bonds is 5. The molecule has 3 N–H and O–H groups in total. The fourth-order valence-electron chi connectivity index (χ4n) is 2.01. The van der Waals surface area contributed by atoms with Gasteiger partial charge in [0.15, 0.2) is 11.5 Å². The molecule has 5 nitrogen and oxygen atoms in total. The summed E-state index contributed by atoms with van der Waals surface area (Å²) in [5.41, 5.74) is 7.71. The third-order valence-electron chi connectivity index (χ3n) is 3.22. The van der Waals surface area contributed by atoms with Gasteiger partial charge in [-0.3, -0.25) is 4.79 Å². The number of nitrogens with two attached hydrogens (primary N) is 1. The van der Waals surface area contributed by atoms with Crippen LogP contribution in [0.1, 0.15) is 37.5 Å². The summed E-state index contributed by atoms with van der Waals surface area (Å²) in [6.07, 6.45) is 3.46. The van der Waals surface area contributed by atoms with Gasteiger partial charge < -0.3 is 15.5 Å². The van der Waals surface area contributed by atoms with Crippen LogP contribution in [-0.4, -0.2) is 17.4 Å². The Hall–Kier alpha value is -1.88. The monoisotopic (exact) mass is 259 g/mol. The predicted octanol–water partition coefficient (Wildman–Crippen LogP) is 2.38. The van der Waals surface area contributed by atoms with Crippen LogP contribution in [-0.2, 0) is 4.79 Å². The maximum Gasteiger partial charge on any atom is 0.224 e. The van der Waals surface area contributed by atoms with E-state index in [-0.39, 0.29) is 5.91 Å².